The molecule has 0 saturated carbocycles. The van der Waals surface area contributed by atoms with E-state index in [2.05, 4.69) is 31.9 Å². The highest BCUT2D eigenvalue weighted by molar-refractivity contribution is 9.10. The van der Waals surface area contributed by atoms with Gasteiger partial charge in [0.05, 0.1) is 18.7 Å². The first-order valence-electron chi connectivity index (χ1n) is 9.47. The van der Waals surface area contributed by atoms with Crippen molar-refractivity contribution in [1.29, 1.82) is 0 Å². The predicted molar refractivity (Wildman–Crippen MR) is 123 cm³/mol. The number of aryl methyl sites for hydroxylation is 1. The standard InChI is InChI=1S/C24H19Br2NO3/c1-15-6-8-16(9-7-15)22(28)13-24(30)19-12-18(25)10-11-21(19)27(23(24)29)14-17-4-2-3-5-20(17)26/h2-12,30H,13-14H2,1H3/t24-/m1/s1. The third-order valence-corrected chi connectivity index (χ3v) is 6.64. The molecule has 3 aromatic carbocycles. The summed E-state index contributed by atoms with van der Waals surface area (Å²) in [6, 6.07) is 20.1. The molecule has 0 saturated heterocycles. The lowest BCUT2D eigenvalue weighted by molar-refractivity contribution is -0.136. The van der Waals surface area contributed by atoms with Crippen molar-refractivity contribution in [3.63, 3.8) is 0 Å². The Morgan fingerprint density at radius 3 is 2.43 bits per heavy atom. The van der Waals surface area contributed by atoms with Crippen molar-refractivity contribution in [1.82, 2.24) is 0 Å². The first-order valence-corrected chi connectivity index (χ1v) is 11.1. The van der Waals surface area contributed by atoms with Gasteiger partial charge in [0, 0.05) is 20.1 Å². The van der Waals surface area contributed by atoms with E-state index in [1.807, 2.05) is 49.4 Å². The summed E-state index contributed by atoms with van der Waals surface area (Å²) < 4.78 is 1.61. The highest BCUT2D eigenvalue weighted by Gasteiger charge is 2.51. The van der Waals surface area contributed by atoms with Gasteiger partial charge in [-0.2, -0.15) is 0 Å². The first-order chi connectivity index (χ1) is 14.3. The maximum Gasteiger partial charge on any atom is 0.264 e. The summed E-state index contributed by atoms with van der Waals surface area (Å²) in [7, 11) is 0. The molecule has 1 heterocycles. The molecular formula is C24H19Br2NO3. The minimum atomic E-state index is -1.91. The molecule has 0 radical (unpaired) electrons. The lowest BCUT2D eigenvalue weighted by Gasteiger charge is -2.23. The molecule has 0 aliphatic carbocycles. The number of carbonyl (C=O) groups is 2. The number of ketones is 1. The van der Waals surface area contributed by atoms with Crippen molar-refractivity contribution in [2.24, 2.45) is 0 Å². The SMILES string of the molecule is Cc1ccc(C(=O)C[C@]2(O)C(=O)N(Cc3ccccc3Br)c3ccc(Br)cc32)cc1. The minimum absolute atomic E-state index is 0.278. The maximum atomic E-state index is 13.4. The van der Waals surface area contributed by atoms with Crippen LogP contribution in [0.4, 0.5) is 5.69 Å². The van der Waals surface area contributed by atoms with Crippen LogP contribution in [0.15, 0.2) is 75.7 Å². The van der Waals surface area contributed by atoms with Crippen LogP contribution >= 0.6 is 31.9 Å². The van der Waals surface area contributed by atoms with Crippen molar-refractivity contribution in [2.45, 2.75) is 25.5 Å². The minimum Gasteiger partial charge on any atom is -0.375 e. The second kappa shape index (κ2) is 8.10. The average Bonchev–Trinajstić information content (AvgIpc) is 2.91. The number of Topliss-reactive ketones (excluding diaryl/α,β-unsaturated/α-hetero) is 1. The third-order valence-electron chi connectivity index (χ3n) is 5.37. The Labute approximate surface area is 191 Å². The number of nitrogens with zero attached hydrogens (tertiary/aromatic N) is 1. The van der Waals surface area contributed by atoms with Crippen LogP contribution in [-0.2, 0) is 16.9 Å². The summed E-state index contributed by atoms with van der Waals surface area (Å²) in [6.07, 6.45) is -0.315. The topological polar surface area (TPSA) is 57.6 Å². The van der Waals surface area contributed by atoms with E-state index >= 15 is 0 Å². The van der Waals surface area contributed by atoms with Gasteiger partial charge < -0.3 is 10.0 Å². The quantitative estimate of drug-likeness (QED) is 0.443. The van der Waals surface area contributed by atoms with Crippen LogP contribution < -0.4 is 4.90 Å². The van der Waals surface area contributed by atoms with Gasteiger partial charge in [0.15, 0.2) is 11.4 Å². The van der Waals surface area contributed by atoms with Crippen LogP contribution in [0.5, 0.6) is 0 Å². The molecule has 1 N–H and O–H groups in total. The van der Waals surface area contributed by atoms with E-state index in [0.29, 0.717) is 16.8 Å². The molecule has 4 rings (SSSR count). The summed E-state index contributed by atoms with van der Waals surface area (Å²) in [5, 5.41) is 11.5. The molecule has 0 aromatic heterocycles. The fourth-order valence-electron chi connectivity index (χ4n) is 3.72. The molecule has 4 nitrogen and oxygen atoms in total. The second-order valence-corrected chi connectivity index (χ2v) is 9.24. The number of anilines is 1. The highest BCUT2D eigenvalue weighted by atomic mass is 79.9. The predicted octanol–water partition coefficient (Wildman–Crippen LogP) is 5.53. The zero-order chi connectivity index (χ0) is 21.5. The number of carbonyl (C=O) groups excluding carboxylic acids is 2. The molecule has 1 aliphatic rings. The van der Waals surface area contributed by atoms with Gasteiger partial charge in [0.25, 0.3) is 5.91 Å². The van der Waals surface area contributed by atoms with Gasteiger partial charge in [0.2, 0.25) is 0 Å². The zero-order valence-corrected chi connectivity index (χ0v) is 19.4. The van der Waals surface area contributed by atoms with Gasteiger partial charge in [-0.15, -0.1) is 0 Å². The molecule has 1 amide bonds. The van der Waals surface area contributed by atoms with Crippen molar-refractivity contribution >= 4 is 49.2 Å². The summed E-state index contributed by atoms with van der Waals surface area (Å²) in [6.45, 7) is 2.23. The lowest BCUT2D eigenvalue weighted by Crippen LogP contribution is -2.41. The Morgan fingerprint density at radius 2 is 1.73 bits per heavy atom. The van der Waals surface area contributed by atoms with Crippen LogP contribution in [-0.4, -0.2) is 16.8 Å². The van der Waals surface area contributed by atoms with Gasteiger partial charge in [0.1, 0.15) is 0 Å². The van der Waals surface area contributed by atoms with E-state index < -0.39 is 11.5 Å². The van der Waals surface area contributed by atoms with Crippen molar-refractivity contribution in [2.75, 3.05) is 4.90 Å². The van der Waals surface area contributed by atoms with Crippen LogP contribution in [0.2, 0.25) is 0 Å². The molecule has 1 atom stereocenters. The van der Waals surface area contributed by atoms with E-state index in [4.69, 9.17) is 0 Å². The number of halogens is 2. The Balaban J connectivity index is 1.72. The maximum absolute atomic E-state index is 13.4. The van der Waals surface area contributed by atoms with Crippen molar-refractivity contribution < 1.29 is 14.7 Å². The largest absolute Gasteiger partial charge is 0.375 e. The van der Waals surface area contributed by atoms with Crippen LogP contribution in [0.1, 0.15) is 33.5 Å². The van der Waals surface area contributed by atoms with E-state index in [-0.39, 0.29) is 18.7 Å². The summed E-state index contributed by atoms with van der Waals surface area (Å²) in [4.78, 5) is 27.9. The normalized spacial score (nSPS) is 17.9. The Bertz CT molecular complexity index is 1140. The smallest absolute Gasteiger partial charge is 0.264 e. The van der Waals surface area contributed by atoms with Crippen molar-refractivity contribution in [3.05, 3.63) is 97.9 Å². The zero-order valence-electron chi connectivity index (χ0n) is 16.2. The molecule has 30 heavy (non-hydrogen) atoms. The molecule has 0 fully saturated rings. The average molecular weight is 529 g/mol. The number of benzene rings is 3. The van der Waals surface area contributed by atoms with Gasteiger partial charge in [-0.1, -0.05) is 79.9 Å². The summed E-state index contributed by atoms with van der Waals surface area (Å²) in [5.41, 5.74) is 1.56. The van der Waals surface area contributed by atoms with E-state index in [1.165, 1.54) is 0 Å². The van der Waals surface area contributed by atoms with Crippen molar-refractivity contribution in [3.8, 4) is 0 Å². The molecular weight excluding hydrogens is 510 g/mol. The fraction of sp³-hybridized carbons (Fsp3) is 0.167. The fourth-order valence-corrected chi connectivity index (χ4v) is 4.49. The Kier molecular flexibility index (Phi) is 5.66. The number of fused-ring (bicyclic) bond motifs is 1. The van der Waals surface area contributed by atoms with Gasteiger partial charge in [-0.25, -0.2) is 0 Å². The van der Waals surface area contributed by atoms with Crippen LogP contribution in [0.3, 0.4) is 0 Å². The second-order valence-electron chi connectivity index (χ2n) is 7.47. The number of hydrogen-bond donors (Lipinski definition) is 1. The molecule has 6 heteroatoms. The summed E-state index contributed by atoms with van der Waals surface area (Å²) in [5.74, 6) is -0.772. The van der Waals surface area contributed by atoms with E-state index in [9.17, 15) is 14.7 Å². The summed E-state index contributed by atoms with van der Waals surface area (Å²) >= 11 is 6.94. The Hall–Kier alpha value is -2.28. The van der Waals surface area contributed by atoms with Gasteiger partial charge >= 0.3 is 0 Å². The number of rotatable bonds is 5. The van der Waals surface area contributed by atoms with E-state index in [0.717, 1.165) is 20.1 Å². The monoisotopic (exact) mass is 527 g/mol. The molecule has 0 unspecified atom stereocenters. The molecule has 0 bridgehead atoms. The van der Waals surface area contributed by atoms with Crippen LogP contribution in [0.25, 0.3) is 0 Å². The third kappa shape index (κ3) is 3.75. The van der Waals surface area contributed by atoms with Gasteiger partial charge in [-0.05, 0) is 36.8 Å². The molecule has 152 valence electrons. The number of aliphatic hydroxyl groups is 1. The van der Waals surface area contributed by atoms with Crippen LogP contribution in [0, 0.1) is 6.92 Å². The molecule has 1 aliphatic heterocycles. The number of hydrogen-bond acceptors (Lipinski definition) is 3. The lowest BCUT2D eigenvalue weighted by atomic mass is 9.88. The molecule has 3 aromatic rings. The van der Waals surface area contributed by atoms with E-state index in [1.54, 1.807) is 29.2 Å². The number of amides is 1. The highest BCUT2D eigenvalue weighted by Crippen LogP contribution is 2.45. The molecule has 0 spiro atoms. The van der Waals surface area contributed by atoms with Gasteiger partial charge in [-0.3, -0.25) is 9.59 Å². The Morgan fingerprint density at radius 1 is 1.03 bits per heavy atom. The first kappa shape index (κ1) is 21.0.